The van der Waals surface area contributed by atoms with Crippen LogP contribution in [0.1, 0.15) is 28.5 Å². The summed E-state index contributed by atoms with van der Waals surface area (Å²) in [5.41, 5.74) is -6.24. The van der Waals surface area contributed by atoms with Gasteiger partial charge in [0, 0.05) is 10.9 Å². The summed E-state index contributed by atoms with van der Waals surface area (Å²) in [6.07, 6.45) is -9.90. The van der Waals surface area contributed by atoms with Gasteiger partial charge in [0.05, 0.1) is 12.2 Å². The third-order valence-corrected chi connectivity index (χ3v) is 3.09. The summed E-state index contributed by atoms with van der Waals surface area (Å²) in [4.78, 5) is 25.7. The van der Waals surface area contributed by atoms with Crippen LogP contribution in [0.15, 0.2) is 23.0 Å². The summed E-state index contributed by atoms with van der Waals surface area (Å²) in [6, 6.07) is 1.61. The Morgan fingerprint density at radius 3 is 2.25 bits per heavy atom. The van der Waals surface area contributed by atoms with E-state index in [9.17, 15) is 35.9 Å². The molecule has 2 rings (SSSR count). The van der Waals surface area contributed by atoms with Crippen LogP contribution in [0.3, 0.4) is 0 Å². The molecule has 130 valence electrons. The number of fused-ring (bicyclic) bond motifs is 1. The zero-order valence-corrected chi connectivity index (χ0v) is 11.9. The van der Waals surface area contributed by atoms with E-state index in [4.69, 9.17) is 0 Å². The first-order valence-electron chi connectivity index (χ1n) is 6.48. The van der Waals surface area contributed by atoms with Gasteiger partial charge in [0.1, 0.15) is 11.3 Å². The molecule has 1 heterocycles. The second kappa shape index (κ2) is 5.84. The number of hydrogen-bond donors (Lipinski definition) is 1. The molecule has 24 heavy (non-hydrogen) atoms. The lowest BCUT2D eigenvalue weighted by atomic mass is 10.1. The van der Waals surface area contributed by atoms with Crippen molar-refractivity contribution in [3.8, 4) is 0 Å². The van der Waals surface area contributed by atoms with Crippen LogP contribution < -0.4 is 5.43 Å². The maximum atomic E-state index is 13.1. The van der Waals surface area contributed by atoms with Gasteiger partial charge in [-0.1, -0.05) is 0 Å². The number of H-pyrrole nitrogens is 1. The number of alkyl halides is 6. The Balaban J connectivity index is 2.87. The summed E-state index contributed by atoms with van der Waals surface area (Å²) in [7, 11) is 0. The third-order valence-electron chi connectivity index (χ3n) is 3.09. The zero-order chi connectivity index (χ0) is 18.3. The van der Waals surface area contributed by atoms with E-state index in [1.54, 1.807) is 4.98 Å². The van der Waals surface area contributed by atoms with Gasteiger partial charge >= 0.3 is 18.3 Å². The monoisotopic (exact) mass is 353 g/mol. The van der Waals surface area contributed by atoms with Crippen molar-refractivity contribution >= 4 is 16.9 Å². The van der Waals surface area contributed by atoms with Crippen molar-refractivity contribution in [3.05, 3.63) is 45.2 Å². The van der Waals surface area contributed by atoms with E-state index in [-0.39, 0.29) is 6.61 Å². The largest absolute Gasteiger partial charge is 0.462 e. The topological polar surface area (TPSA) is 59.2 Å². The number of pyridine rings is 1. The van der Waals surface area contributed by atoms with Gasteiger partial charge < -0.3 is 9.72 Å². The Morgan fingerprint density at radius 2 is 1.75 bits per heavy atom. The fourth-order valence-corrected chi connectivity index (χ4v) is 2.07. The lowest BCUT2D eigenvalue weighted by molar-refractivity contribution is -0.141. The number of aromatic nitrogens is 1. The molecule has 0 spiro atoms. The average Bonchev–Trinajstić information content (AvgIpc) is 2.44. The van der Waals surface area contributed by atoms with Crippen LogP contribution in [0.4, 0.5) is 26.3 Å². The first-order valence-corrected chi connectivity index (χ1v) is 6.48. The second-order valence-electron chi connectivity index (χ2n) is 4.68. The van der Waals surface area contributed by atoms with Crippen LogP contribution in [-0.2, 0) is 17.1 Å². The maximum Gasteiger partial charge on any atom is 0.432 e. The van der Waals surface area contributed by atoms with E-state index in [1.165, 1.54) is 6.92 Å². The number of hydrogen-bond acceptors (Lipinski definition) is 3. The molecule has 0 radical (unpaired) electrons. The standard InChI is InChI=1S/C14H9F6NO3/c1-2-24-12(23)9-10(22)7-5-6(13(15,16)17)3-4-8(7)21-11(9)14(18,19)20/h3-5H,2H2,1H3,(H,21,22). The summed E-state index contributed by atoms with van der Waals surface area (Å²) < 4.78 is 81.7. The van der Waals surface area contributed by atoms with Crippen LogP contribution in [0, 0.1) is 0 Å². The molecule has 0 aliphatic heterocycles. The van der Waals surface area contributed by atoms with Gasteiger partial charge in [0.25, 0.3) is 0 Å². The molecule has 2 aromatic rings. The fraction of sp³-hybridized carbons (Fsp3) is 0.286. The second-order valence-corrected chi connectivity index (χ2v) is 4.68. The molecule has 0 saturated carbocycles. The maximum absolute atomic E-state index is 13.1. The van der Waals surface area contributed by atoms with Gasteiger partial charge in [-0.3, -0.25) is 4.79 Å². The number of benzene rings is 1. The van der Waals surface area contributed by atoms with Crippen molar-refractivity contribution in [2.75, 3.05) is 6.61 Å². The summed E-state index contributed by atoms with van der Waals surface area (Å²) in [5, 5.41) is -0.694. The minimum atomic E-state index is -5.10. The van der Waals surface area contributed by atoms with Crippen molar-refractivity contribution in [2.45, 2.75) is 19.3 Å². The van der Waals surface area contributed by atoms with Gasteiger partial charge in [0.15, 0.2) is 0 Å². The molecular formula is C14H9F6NO3. The summed E-state index contributed by atoms with van der Waals surface area (Å²) in [6.45, 7) is 0.998. The van der Waals surface area contributed by atoms with Crippen LogP contribution in [0.2, 0.25) is 0 Å². The first-order chi connectivity index (χ1) is 11.0. The molecule has 0 bridgehead atoms. The van der Waals surface area contributed by atoms with E-state index in [1.807, 2.05) is 0 Å². The minimum Gasteiger partial charge on any atom is -0.462 e. The lowest BCUT2D eigenvalue weighted by Crippen LogP contribution is -2.26. The van der Waals surface area contributed by atoms with Crippen LogP contribution in [0.5, 0.6) is 0 Å². The van der Waals surface area contributed by atoms with Gasteiger partial charge in [-0.25, -0.2) is 4.79 Å². The van der Waals surface area contributed by atoms with Gasteiger partial charge in [-0.05, 0) is 25.1 Å². The molecule has 0 atom stereocenters. The number of esters is 1. The molecule has 10 heteroatoms. The highest BCUT2D eigenvalue weighted by Crippen LogP contribution is 2.33. The molecule has 1 aromatic heterocycles. The van der Waals surface area contributed by atoms with Crippen molar-refractivity contribution in [1.82, 2.24) is 4.98 Å². The summed E-state index contributed by atoms with van der Waals surface area (Å²) in [5.74, 6) is -1.56. The highest BCUT2D eigenvalue weighted by Gasteiger charge is 2.39. The van der Waals surface area contributed by atoms with Crippen molar-refractivity contribution in [1.29, 1.82) is 0 Å². The molecule has 0 fully saturated rings. The molecule has 0 aliphatic rings. The van der Waals surface area contributed by atoms with Gasteiger partial charge in [-0.15, -0.1) is 0 Å². The number of carbonyl (C=O) groups is 1. The van der Waals surface area contributed by atoms with Crippen molar-refractivity contribution < 1.29 is 35.9 Å². The number of nitrogens with one attached hydrogen (secondary N) is 1. The Hall–Kier alpha value is -2.52. The Labute approximate surface area is 130 Å². The van der Waals surface area contributed by atoms with Gasteiger partial charge in [-0.2, -0.15) is 26.3 Å². The zero-order valence-electron chi connectivity index (χ0n) is 11.9. The quantitative estimate of drug-likeness (QED) is 0.661. The van der Waals surface area contributed by atoms with E-state index in [2.05, 4.69) is 4.74 Å². The number of carbonyl (C=O) groups excluding carboxylic acids is 1. The predicted octanol–water partition coefficient (Wildman–Crippen LogP) is 3.74. The van der Waals surface area contributed by atoms with E-state index in [0.29, 0.717) is 18.2 Å². The number of aromatic amines is 1. The Kier molecular flexibility index (Phi) is 4.34. The number of rotatable bonds is 2. The SMILES string of the molecule is CCOC(=O)c1c(C(F)(F)F)[nH]c2ccc(C(F)(F)F)cc2c1=O. The minimum absolute atomic E-state index is 0.309. The third kappa shape index (κ3) is 3.22. The molecule has 0 aliphatic carbocycles. The molecule has 1 N–H and O–H groups in total. The van der Waals surface area contributed by atoms with E-state index < -0.39 is 51.5 Å². The fourth-order valence-electron chi connectivity index (χ4n) is 2.07. The average molecular weight is 353 g/mol. The van der Waals surface area contributed by atoms with E-state index >= 15 is 0 Å². The number of halogens is 6. The smallest absolute Gasteiger partial charge is 0.432 e. The Morgan fingerprint density at radius 1 is 1.12 bits per heavy atom. The predicted molar refractivity (Wildman–Crippen MR) is 70.5 cm³/mol. The molecule has 0 unspecified atom stereocenters. The van der Waals surface area contributed by atoms with Crippen LogP contribution in [-0.4, -0.2) is 17.6 Å². The molecule has 1 aromatic carbocycles. The Bertz CT molecular complexity index is 850. The first kappa shape index (κ1) is 17.8. The van der Waals surface area contributed by atoms with Crippen molar-refractivity contribution in [3.63, 3.8) is 0 Å². The highest BCUT2D eigenvalue weighted by molar-refractivity contribution is 5.95. The van der Waals surface area contributed by atoms with Crippen LogP contribution in [0.25, 0.3) is 10.9 Å². The van der Waals surface area contributed by atoms with Gasteiger partial charge in [0.2, 0.25) is 5.43 Å². The highest BCUT2D eigenvalue weighted by atomic mass is 19.4. The summed E-state index contributed by atoms with van der Waals surface area (Å²) >= 11 is 0. The van der Waals surface area contributed by atoms with Crippen LogP contribution >= 0.6 is 0 Å². The molecular weight excluding hydrogens is 344 g/mol. The normalized spacial score (nSPS) is 12.5. The molecule has 0 saturated heterocycles. The van der Waals surface area contributed by atoms with Crippen molar-refractivity contribution in [2.24, 2.45) is 0 Å². The molecule has 0 amide bonds. The lowest BCUT2D eigenvalue weighted by Gasteiger charge is -2.14. The number of ether oxygens (including phenoxy) is 1. The van der Waals surface area contributed by atoms with E-state index in [0.717, 1.165) is 0 Å². The molecule has 4 nitrogen and oxygen atoms in total.